The summed E-state index contributed by atoms with van der Waals surface area (Å²) in [6.45, 7) is 0. The standard InChI is InChI=1S/C7H5O3.3CH6O3Si.3Na/c8-6-4-2-1-3-5(6)7(9)10;3*1-4-5(2)3;;;/h1-3,8H,(H,9,10);3*2-3,5H,1H3;;;/q-3;;;;3*+1. The Bertz CT molecular complexity index is 358. The van der Waals surface area contributed by atoms with Crippen molar-refractivity contribution < 1.29 is 146 Å². The molecule has 0 saturated heterocycles. The molecule has 150 valence electrons. The maximum absolute atomic E-state index is 10.2. The first-order valence-corrected chi connectivity index (χ1v) is 10.6. The smallest absolute Gasteiger partial charge is 0.492 e. The molecule has 18 heteroatoms. The fourth-order valence-corrected chi connectivity index (χ4v) is 0.601. The fraction of sp³-hybridized carbons (Fsp3) is 0.300. The zero-order valence-corrected chi connectivity index (χ0v) is 26.1. The topological polar surface area (TPSA) is 207 Å². The zero-order chi connectivity index (χ0) is 20.4. The van der Waals surface area contributed by atoms with Gasteiger partial charge in [0.1, 0.15) is 0 Å². The molecule has 1 aliphatic rings. The number of hydrogen-bond donors (Lipinski definition) is 8. The van der Waals surface area contributed by atoms with Crippen molar-refractivity contribution in [1.29, 1.82) is 0 Å². The van der Waals surface area contributed by atoms with Crippen molar-refractivity contribution in [2.75, 3.05) is 21.3 Å². The van der Waals surface area contributed by atoms with Crippen molar-refractivity contribution in [1.82, 2.24) is 0 Å². The average molecular weight is 489 g/mol. The minimum atomic E-state index is -2.65. The van der Waals surface area contributed by atoms with Gasteiger partial charge in [-0.25, -0.2) is 12.2 Å². The molecule has 0 aliphatic heterocycles. The van der Waals surface area contributed by atoms with Crippen LogP contribution in [0.2, 0.25) is 0 Å². The van der Waals surface area contributed by atoms with Crippen LogP contribution in [0.4, 0.5) is 0 Å². The molecule has 0 aromatic carbocycles. The van der Waals surface area contributed by atoms with Gasteiger partial charge in [-0.15, -0.1) is 0 Å². The molecule has 0 atom stereocenters. The SMILES string of the molecule is CO[SiH](O)O.CO[SiH](O)O.CO[SiH](O)O.O=C(O)[C-]1C=CC=[C-][C-]1O.[Na+].[Na+].[Na+]. The second-order valence-corrected chi connectivity index (χ2v) is 6.80. The summed E-state index contributed by atoms with van der Waals surface area (Å²) in [4.78, 5) is 57.2. The number of aliphatic carboxylic acids is 1. The molecule has 0 amide bonds. The van der Waals surface area contributed by atoms with E-state index in [-0.39, 0.29) is 101 Å². The van der Waals surface area contributed by atoms with Crippen LogP contribution in [0.25, 0.3) is 0 Å². The Hall–Kier alpha value is 1.94. The number of rotatable bonds is 4. The Morgan fingerprint density at radius 3 is 1.29 bits per heavy atom. The van der Waals surface area contributed by atoms with Crippen molar-refractivity contribution >= 4 is 34.6 Å². The predicted molar refractivity (Wildman–Crippen MR) is 88.8 cm³/mol. The van der Waals surface area contributed by atoms with Crippen LogP contribution in [-0.2, 0) is 18.1 Å². The summed E-state index contributed by atoms with van der Waals surface area (Å²) in [5.41, 5.74) is 0. The van der Waals surface area contributed by atoms with Gasteiger partial charge >= 0.3 is 117 Å². The summed E-state index contributed by atoms with van der Waals surface area (Å²) in [6, 6.07) is 0. The Morgan fingerprint density at radius 1 is 0.857 bits per heavy atom. The van der Waals surface area contributed by atoms with Gasteiger partial charge in [0.05, 0.1) is 0 Å². The summed E-state index contributed by atoms with van der Waals surface area (Å²) in [5, 5.41) is 17.2. The molecule has 0 aromatic rings. The van der Waals surface area contributed by atoms with E-state index in [1.165, 1.54) is 39.6 Å². The molecule has 0 radical (unpaired) electrons. The molecular formula is C10H23Na3O12Si3. The maximum Gasteiger partial charge on any atom is 1.00 e. The molecule has 0 unspecified atom stereocenters. The largest absolute Gasteiger partial charge is 1.00 e. The number of carbonyl (C=O) groups is 1. The molecule has 1 rings (SSSR count). The van der Waals surface area contributed by atoms with E-state index in [1.807, 2.05) is 0 Å². The average Bonchev–Trinajstić information content (AvgIpc) is 2.56. The van der Waals surface area contributed by atoms with Crippen molar-refractivity contribution in [3.8, 4) is 0 Å². The molecule has 1 aliphatic carbocycles. The third-order valence-corrected chi connectivity index (χ3v) is 2.96. The van der Waals surface area contributed by atoms with Crippen LogP contribution in [0, 0.1) is 18.1 Å². The number of aliphatic hydroxyl groups excluding tert-OH is 1. The molecule has 0 fully saturated rings. The second-order valence-electron chi connectivity index (χ2n) is 3.42. The third kappa shape index (κ3) is 38.5. The Morgan fingerprint density at radius 2 is 1.14 bits per heavy atom. The van der Waals surface area contributed by atoms with E-state index in [2.05, 4.69) is 19.4 Å². The van der Waals surface area contributed by atoms with Crippen molar-refractivity contribution in [2.24, 2.45) is 0 Å². The van der Waals surface area contributed by atoms with Crippen molar-refractivity contribution in [3.63, 3.8) is 0 Å². The van der Waals surface area contributed by atoms with Crippen molar-refractivity contribution in [2.45, 2.75) is 0 Å². The van der Waals surface area contributed by atoms with Gasteiger partial charge in [-0.05, 0) is 0 Å². The molecule has 12 nitrogen and oxygen atoms in total. The van der Waals surface area contributed by atoms with Gasteiger partial charge in [-0.2, -0.15) is 5.92 Å². The molecule has 0 bridgehead atoms. The summed E-state index contributed by atoms with van der Waals surface area (Å²) >= 11 is 0. The minimum Gasteiger partial charge on any atom is -0.492 e. The van der Waals surface area contributed by atoms with Gasteiger partial charge in [-0.3, -0.25) is 4.79 Å². The molecule has 0 spiro atoms. The number of hydrogen-bond acceptors (Lipinski definition) is 11. The number of allylic oxidation sites excluding steroid dienone is 2. The molecule has 0 heterocycles. The molecule has 8 N–H and O–H groups in total. The number of carboxylic acids is 1. The van der Waals surface area contributed by atoms with Gasteiger partial charge in [-0.1, -0.05) is 0 Å². The molecular weight excluding hydrogens is 465 g/mol. The first-order valence-electron chi connectivity index (χ1n) is 6.13. The van der Waals surface area contributed by atoms with Gasteiger partial charge in [0.25, 0.3) is 0 Å². The summed E-state index contributed by atoms with van der Waals surface area (Å²) < 4.78 is 12.0. The summed E-state index contributed by atoms with van der Waals surface area (Å²) in [7, 11) is -4.17. The summed E-state index contributed by atoms with van der Waals surface area (Å²) in [5.74, 6) is -1.27. The zero-order valence-electron chi connectivity index (χ0n) is 16.7. The van der Waals surface area contributed by atoms with Crippen LogP contribution in [0.3, 0.4) is 0 Å². The quantitative estimate of drug-likeness (QED) is 0.137. The third-order valence-electron chi connectivity index (χ3n) is 1.70. The van der Waals surface area contributed by atoms with E-state index in [1.54, 1.807) is 0 Å². The van der Waals surface area contributed by atoms with E-state index < -0.39 is 34.6 Å². The van der Waals surface area contributed by atoms with E-state index in [9.17, 15) is 4.79 Å². The van der Waals surface area contributed by atoms with Crippen LogP contribution in [0.5, 0.6) is 0 Å². The van der Waals surface area contributed by atoms with Crippen LogP contribution in [-0.4, -0.2) is 94.9 Å². The van der Waals surface area contributed by atoms with E-state index in [0.29, 0.717) is 0 Å². The number of aliphatic hydroxyl groups is 1. The Kier molecular flexibility index (Phi) is 48.6. The maximum atomic E-state index is 10.2. The van der Waals surface area contributed by atoms with Gasteiger partial charge in [0.2, 0.25) is 5.97 Å². The van der Waals surface area contributed by atoms with Crippen LogP contribution < -0.4 is 88.7 Å². The monoisotopic (exact) mass is 488 g/mol. The first-order chi connectivity index (χ1) is 11.5. The minimum absolute atomic E-state index is 0. The van der Waals surface area contributed by atoms with Crippen LogP contribution in [0.1, 0.15) is 0 Å². The molecule has 0 saturated carbocycles. The van der Waals surface area contributed by atoms with Gasteiger partial charge in [0, 0.05) is 21.3 Å². The predicted octanol–water partition coefficient (Wildman–Crippen LogP) is -13.5. The van der Waals surface area contributed by atoms with Crippen LogP contribution in [0.15, 0.2) is 18.2 Å². The normalized spacial score (nSPS) is 10.9. The van der Waals surface area contributed by atoms with Crippen LogP contribution >= 0.6 is 0 Å². The molecule has 0 aromatic heterocycles. The van der Waals surface area contributed by atoms with E-state index in [0.717, 1.165) is 0 Å². The molecule has 28 heavy (non-hydrogen) atoms. The first kappa shape index (κ1) is 43.8. The van der Waals surface area contributed by atoms with E-state index >= 15 is 0 Å². The Labute approximate surface area is 235 Å². The van der Waals surface area contributed by atoms with Gasteiger partial charge < -0.3 is 70.5 Å². The Balaban J connectivity index is -0.0000000593. The summed E-state index contributed by atoms with van der Waals surface area (Å²) in [6.07, 6.45) is 6.29. The number of carboxylic acid groups (broad SMARTS) is 1. The van der Waals surface area contributed by atoms with Crippen molar-refractivity contribution in [3.05, 3.63) is 36.3 Å². The van der Waals surface area contributed by atoms with E-state index in [4.69, 9.17) is 39.0 Å². The fourth-order valence-electron chi connectivity index (χ4n) is 0.601. The second kappa shape index (κ2) is 31.1. The van der Waals surface area contributed by atoms with Gasteiger partial charge in [0.15, 0.2) is 0 Å².